The number of likely N-dealkylation sites (tertiary alicyclic amines) is 1. The fraction of sp³-hybridized carbons (Fsp3) is 0.812. The van der Waals surface area contributed by atoms with Gasteiger partial charge in [-0.3, -0.25) is 4.90 Å². The van der Waals surface area contributed by atoms with Gasteiger partial charge in [-0.05, 0) is 44.7 Å². The Morgan fingerprint density at radius 2 is 2.10 bits per heavy atom. The molecule has 2 fully saturated rings. The Morgan fingerprint density at radius 3 is 2.65 bits per heavy atom. The van der Waals surface area contributed by atoms with Crippen LogP contribution in [0.2, 0.25) is 0 Å². The first-order valence-corrected chi connectivity index (χ1v) is 8.80. The third kappa shape index (κ3) is 2.78. The molecule has 0 spiro atoms. The van der Waals surface area contributed by atoms with Crippen LogP contribution >= 0.6 is 11.3 Å². The molecule has 0 amide bonds. The Bertz CT molecular complexity index is 459. The van der Waals surface area contributed by atoms with Crippen LogP contribution in [0.15, 0.2) is 5.38 Å². The van der Waals surface area contributed by atoms with E-state index in [1.54, 1.807) is 0 Å². The molecular weight excluding hydrogens is 266 g/mol. The third-order valence-electron chi connectivity index (χ3n) is 4.58. The maximum absolute atomic E-state index is 6.06. The predicted molar refractivity (Wildman–Crippen MR) is 85.1 cm³/mol. The Kier molecular flexibility index (Phi) is 3.91. The molecule has 0 radical (unpaired) electrons. The van der Waals surface area contributed by atoms with Gasteiger partial charge in [0.1, 0.15) is 0 Å². The van der Waals surface area contributed by atoms with E-state index in [4.69, 9.17) is 10.7 Å². The second-order valence-electron chi connectivity index (χ2n) is 7.38. The zero-order chi connectivity index (χ0) is 14.3. The van der Waals surface area contributed by atoms with Crippen molar-refractivity contribution in [2.24, 2.45) is 11.7 Å². The van der Waals surface area contributed by atoms with Crippen LogP contribution in [0.3, 0.4) is 0 Å². The molecule has 0 bridgehead atoms. The van der Waals surface area contributed by atoms with Crippen LogP contribution in [0.1, 0.15) is 63.2 Å². The second kappa shape index (κ2) is 5.39. The molecule has 2 aliphatic rings. The minimum atomic E-state index is 0.153. The molecule has 2 atom stereocenters. The van der Waals surface area contributed by atoms with Crippen molar-refractivity contribution in [3.05, 3.63) is 16.1 Å². The summed E-state index contributed by atoms with van der Waals surface area (Å²) in [4.78, 5) is 7.68. The first kappa shape index (κ1) is 14.5. The van der Waals surface area contributed by atoms with Gasteiger partial charge >= 0.3 is 0 Å². The van der Waals surface area contributed by atoms with Crippen LogP contribution in [0.5, 0.6) is 0 Å². The Hall–Kier alpha value is -0.450. The van der Waals surface area contributed by atoms with Gasteiger partial charge in [-0.2, -0.15) is 0 Å². The first-order chi connectivity index (χ1) is 9.50. The summed E-state index contributed by atoms with van der Waals surface area (Å²) in [7, 11) is 0. The highest BCUT2D eigenvalue weighted by molar-refractivity contribution is 7.09. The van der Waals surface area contributed by atoms with Crippen LogP contribution in [-0.4, -0.2) is 29.0 Å². The van der Waals surface area contributed by atoms with Crippen molar-refractivity contribution < 1.29 is 0 Å². The van der Waals surface area contributed by atoms with Gasteiger partial charge in [0.25, 0.3) is 0 Å². The molecule has 4 heteroatoms. The van der Waals surface area contributed by atoms with Crippen molar-refractivity contribution in [1.82, 2.24) is 9.88 Å². The first-order valence-electron chi connectivity index (χ1n) is 7.92. The van der Waals surface area contributed by atoms with E-state index < -0.39 is 0 Å². The summed E-state index contributed by atoms with van der Waals surface area (Å²) in [5, 5.41) is 3.54. The van der Waals surface area contributed by atoms with Crippen LogP contribution in [0.25, 0.3) is 0 Å². The number of hydrogen-bond donors (Lipinski definition) is 1. The van der Waals surface area contributed by atoms with Gasteiger partial charge in [-0.1, -0.05) is 20.8 Å². The molecule has 0 aromatic carbocycles. The van der Waals surface area contributed by atoms with Crippen LogP contribution in [-0.2, 0) is 5.41 Å². The summed E-state index contributed by atoms with van der Waals surface area (Å²) < 4.78 is 0. The number of rotatable bonds is 3. The van der Waals surface area contributed by atoms with E-state index in [9.17, 15) is 0 Å². The lowest BCUT2D eigenvalue weighted by Crippen LogP contribution is -2.43. The number of hydrogen-bond acceptors (Lipinski definition) is 4. The molecule has 20 heavy (non-hydrogen) atoms. The summed E-state index contributed by atoms with van der Waals surface area (Å²) in [6, 6.07) is 1.27. The minimum absolute atomic E-state index is 0.153. The van der Waals surface area contributed by atoms with Crippen molar-refractivity contribution in [3.63, 3.8) is 0 Å². The lowest BCUT2D eigenvalue weighted by molar-refractivity contribution is 0.0852. The van der Waals surface area contributed by atoms with E-state index >= 15 is 0 Å². The van der Waals surface area contributed by atoms with Crippen molar-refractivity contribution in [2.45, 2.75) is 64.0 Å². The third-order valence-corrected chi connectivity index (χ3v) is 5.87. The number of thiazole rings is 1. The predicted octanol–water partition coefficient (Wildman–Crippen LogP) is 3.31. The van der Waals surface area contributed by atoms with Gasteiger partial charge in [0, 0.05) is 16.8 Å². The quantitative estimate of drug-likeness (QED) is 0.929. The SMILES string of the molecule is CC(C)(C)c1nc(C2C(CN)CCCN2C2CC2)cs1. The second-order valence-corrected chi connectivity index (χ2v) is 8.24. The lowest BCUT2D eigenvalue weighted by Gasteiger charge is -2.40. The number of aromatic nitrogens is 1. The van der Waals surface area contributed by atoms with Gasteiger partial charge in [0.15, 0.2) is 0 Å². The van der Waals surface area contributed by atoms with E-state index in [1.165, 1.54) is 42.9 Å². The van der Waals surface area contributed by atoms with Crippen molar-refractivity contribution in [3.8, 4) is 0 Å². The smallest absolute Gasteiger partial charge is 0.0982 e. The summed E-state index contributed by atoms with van der Waals surface area (Å²) in [5.74, 6) is 0.583. The van der Waals surface area contributed by atoms with Gasteiger partial charge in [-0.15, -0.1) is 11.3 Å². The summed E-state index contributed by atoms with van der Waals surface area (Å²) in [6.07, 6.45) is 5.28. The van der Waals surface area contributed by atoms with E-state index in [2.05, 4.69) is 31.1 Å². The molecular formula is C16H27N3S. The highest BCUT2D eigenvalue weighted by Gasteiger charge is 2.41. The standard InChI is InChI=1S/C16H27N3S/c1-16(2,3)15-18-13(10-20-15)14-11(9-17)5-4-8-19(14)12-6-7-12/h10-12,14H,4-9,17H2,1-3H3. The van der Waals surface area contributed by atoms with Gasteiger partial charge in [0.2, 0.25) is 0 Å². The Labute approximate surface area is 126 Å². The average molecular weight is 293 g/mol. The molecule has 2 N–H and O–H groups in total. The van der Waals surface area contributed by atoms with Crippen LogP contribution in [0, 0.1) is 5.92 Å². The molecule has 112 valence electrons. The lowest BCUT2D eigenvalue weighted by atomic mass is 9.87. The topological polar surface area (TPSA) is 42.1 Å². The van der Waals surface area contributed by atoms with Gasteiger partial charge in [-0.25, -0.2) is 4.98 Å². The molecule has 3 rings (SSSR count). The maximum atomic E-state index is 6.06. The van der Waals surface area contributed by atoms with E-state index in [1.807, 2.05) is 11.3 Å². The van der Waals surface area contributed by atoms with E-state index in [0.717, 1.165) is 12.6 Å². The molecule has 2 unspecified atom stereocenters. The zero-order valence-electron chi connectivity index (χ0n) is 12.9. The molecule has 3 nitrogen and oxygen atoms in total. The Morgan fingerprint density at radius 1 is 1.35 bits per heavy atom. The monoisotopic (exact) mass is 293 g/mol. The van der Waals surface area contributed by atoms with Crippen molar-refractivity contribution in [2.75, 3.05) is 13.1 Å². The van der Waals surface area contributed by atoms with Crippen LogP contribution in [0.4, 0.5) is 0 Å². The molecule has 1 aromatic heterocycles. The summed E-state index contributed by atoms with van der Waals surface area (Å²) >= 11 is 1.82. The molecule has 1 saturated heterocycles. The van der Waals surface area contributed by atoms with Crippen molar-refractivity contribution >= 4 is 11.3 Å². The maximum Gasteiger partial charge on any atom is 0.0982 e. The highest BCUT2D eigenvalue weighted by atomic mass is 32.1. The van der Waals surface area contributed by atoms with Crippen LogP contribution < -0.4 is 5.73 Å². The normalized spacial score (nSPS) is 28.8. The largest absolute Gasteiger partial charge is 0.330 e. The fourth-order valence-corrected chi connectivity index (χ4v) is 4.28. The molecule has 1 aromatic rings. The minimum Gasteiger partial charge on any atom is -0.330 e. The van der Waals surface area contributed by atoms with E-state index in [0.29, 0.717) is 12.0 Å². The molecule has 1 aliphatic heterocycles. The molecule has 2 heterocycles. The molecule has 1 aliphatic carbocycles. The fourth-order valence-electron chi connectivity index (χ4n) is 3.34. The molecule has 1 saturated carbocycles. The number of piperidine rings is 1. The van der Waals surface area contributed by atoms with Crippen molar-refractivity contribution in [1.29, 1.82) is 0 Å². The highest BCUT2D eigenvalue weighted by Crippen LogP contribution is 2.43. The number of nitrogens with two attached hydrogens (primary N) is 1. The number of nitrogens with zero attached hydrogens (tertiary/aromatic N) is 2. The van der Waals surface area contributed by atoms with Gasteiger partial charge < -0.3 is 5.73 Å². The summed E-state index contributed by atoms with van der Waals surface area (Å²) in [5.41, 5.74) is 7.49. The summed E-state index contributed by atoms with van der Waals surface area (Å²) in [6.45, 7) is 8.76. The van der Waals surface area contributed by atoms with E-state index in [-0.39, 0.29) is 5.41 Å². The Balaban J connectivity index is 1.88. The average Bonchev–Trinajstić information content (AvgIpc) is 3.13. The van der Waals surface area contributed by atoms with Gasteiger partial charge in [0.05, 0.1) is 16.7 Å². The zero-order valence-corrected chi connectivity index (χ0v) is 13.7.